The van der Waals surface area contributed by atoms with Crippen LogP contribution >= 0.6 is 11.3 Å². The molecular weight excluding hydrogens is 331 g/mol. The molecule has 1 aromatic heterocycles. The molecule has 0 spiro atoms. The largest absolute Gasteiger partial charge is 0.494 e. The van der Waals surface area contributed by atoms with Crippen LogP contribution in [0, 0.1) is 5.82 Å². The lowest BCUT2D eigenvalue weighted by atomic mass is 10.2. The van der Waals surface area contributed by atoms with Gasteiger partial charge in [0.05, 0.1) is 18.5 Å². The van der Waals surface area contributed by atoms with E-state index < -0.39 is 5.82 Å². The highest BCUT2D eigenvalue weighted by Gasteiger charge is 2.15. The van der Waals surface area contributed by atoms with Crippen molar-refractivity contribution in [3.63, 3.8) is 0 Å². The van der Waals surface area contributed by atoms with E-state index in [9.17, 15) is 14.0 Å². The first-order valence-electron chi connectivity index (χ1n) is 7.47. The lowest BCUT2D eigenvalue weighted by Crippen LogP contribution is -2.39. The number of carbonyl (C=O) groups is 2. The smallest absolute Gasteiger partial charge is 0.261 e. The van der Waals surface area contributed by atoms with Gasteiger partial charge in [0.2, 0.25) is 5.91 Å². The molecule has 2 amide bonds. The number of likely N-dealkylation sites (N-methyl/N-ethyl adjacent to an activating group) is 1. The number of methoxy groups -OCH3 is 1. The fourth-order valence-corrected chi connectivity index (χ4v) is 2.81. The molecule has 128 valence electrons. The molecule has 2 aromatic rings. The summed E-state index contributed by atoms with van der Waals surface area (Å²) in [6.07, 6.45) is 0. The average molecular weight is 350 g/mol. The summed E-state index contributed by atoms with van der Waals surface area (Å²) in [4.78, 5) is 26.2. The minimum Gasteiger partial charge on any atom is -0.494 e. The fraction of sp³-hybridized carbons (Fsp3) is 0.294. The Hall–Kier alpha value is -2.41. The zero-order chi connectivity index (χ0) is 17.5. The highest BCUT2D eigenvalue weighted by Crippen LogP contribution is 2.18. The predicted molar refractivity (Wildman–Crippen MR) is 90.7 cm³/mol. The summed E-state index contributed by atoms with van der Waals surface area (Å²) in [5.74, 6) is -0.802. The second-order valence-corrected chi connectivity index (χ2v) is 5.98. The molecule has 0 saturated heterocycles. The first-order chi connectivity index (χ1) is 11.5. The zero-order valence-corrected chi connectivity index (χ0v) is 14.4. The summed E-state index contributed by atoms with van der Waals surface area (Å²) >= 11 is 1.31. The van der Waals surface area contributed by atoms with E-state index in [0.717, 1.165) is 0 Å². The number of nitrogens with one attached hydrogen (secondary N) is 1. The Balaban J connectivity index is 1.93. The molecule has 0 aliphatic carbocycles. The second-order valence-electron chi connectivity index (χ2n) is 5.04. The first-order valence-corrected chi connectivity index (χ1v) is 8.35. The maximum atomic E-state index is 13.7. The standard InChI is InChI=1S/C17H19FN2O3S/c1-3-20(11-12-6-7-14(23-2)13(18)9-12)16(21)10-19-17(22)15-5-4-8-24-15/h4-9H,3,10-11H2,1-2H3,(H,19,22). The van der Waals surface area contributed by atoms with Gasteiger partial charge < -0.3 is 15.0 Å². The third-order valence-corrected chi connectivity index (χ3v) is 4.34. The van der Waals surface area contributed by atoms with Gasteiger partial charge in [0.1, 0.15) is 0 Å². The van der Waals surface area contributed by atoms with Crippen molar-refractivity contribution in [3.8, 4) is 5.75 Å². The molecule has 1 heterocycles. The van der Waals surface area contributed by atoms with Crippen LogP contribution in [0.3, 0.4) is 0 Å². The van der Waals surface area contributed by atoms with Crippen LogP contribution in [-0.4, -0.2) is 36.9 Å². The van der Waals surface area contributed by atoms with Crippen molar-refractivity contribution in [1.82, 2.24) is 10.2 Å². The quantitative estimate of drug-likeness (QED) is 0.835. The molecule has 0 saturated carbocycles. The molecule has 5 nitrogen and oxygen atoms in total. The van der Waals surface area contributed by atoms with Gasteiger partial charge in [-0.15, -0.1) is 11.3 Å². The van der Waals surface area contributed by atoms with Crippen LogP contribution in [0.2, 0.25) is 0 Å². The van der Waals surface area contributed by atoms with Gasteiger partial charge in [0.15, 0.2) is 11.6 Å². The maximum Gasteiger partial charge on any atom is 0.261 e. The van der Waals surface area contributed by atoms with Crippen LogP contribution in [0.1, 0.15) is 22.2 Å². The predicted octanol–water partition coefficient (Wildman–Crippen LogP) is 2.67. The Bertz CT molecular complexity index is 704. The Morgan fingerprint density at radius 1 is 1.33 bits per heavy atom. The van der Waals surface area contributed by atoms with Gasteiger partial charge in [-0.25, -0.2) is 4.39 Å². The van der Waals surface area contributed by atoms with Gasteiger partial charge in [-0.2, -0.15) is 0 Å². The summed E-state index contributed by atoms with van der Waals surface area (Å²) in [5, 5.41) is 4.40. The van der Waals surface area contributed by atoms with E-state index in [0.29, 0.717) is 17.0 Å². The van der Waals surface area contributed by atoms with Gasteiger partial charge in [-0.05, 0) is 36.1 Å². The molecule has 24 heavy (non-hydrogen) atoms. The molecule has 0 radical (unpaired) electrons. The van der Waals surface area contributed by atoms with Crippen LogP contribution in [0.4, 0.5) is 4.39 Å². The van der Waals surface area contributed by atoms with E-state index in [2.05, 4.69) is 5.32 Å². The zero-order valence-electron chi connectivity index (χ0n) is 13.5. The molecule has 0 bridgehead atoms. The van der Waals surface area contributed by atoms with Gasteiger partial charge in [-0.1, -0.05) is 12.1 Å². The molecule has 7 heteroatoms. The lowest BCUT2D eigenvalue weighted by molar-refractivity contribution is -0.130. The fourth-order valence-electron chi connectivity index (χ4n) is 2.17. The monoisotopic (exact) mass is 350 g/mol. The van der Waals surface area contributed by atoms with E-state index in [1.807, 2.05) is 6.92 Å². The van der Waals surface area contributed by atoms with Gasteiger partial charge >= 0.3 is 0 Å². The van der Waals surface area contributed by atoms with Crippen molar-refractivity contribution in [2.45, 2.75) is 13.5 Å². The Kier molecular flexibility index (Phi) is 6.31. The van der Waals surface area contributed by atoms with Crippen molar-refractivity contribution in [3.05, 3.63) is 52.0 Å². The number of halogens is 1. The summed E-state index contributed by atoms with van der Waals surface area (Å²) < 4.78 is 18.6. The third kappa shape index (κ3) is 4.55. The number of amides is 2. The molecule has 0 unspecified atom stereocenters. The number of hydrogen-bond acceptors (Lipinski definition) is 4. The number of nitrogens with zero attached hydrogens (tertiary/aromatic N) is 1. The van der Waals surface area contributed by atoms with Crippen LogP contribution in [0.5, 0.6) is 5.75 Å². The Morgan fingerprint density at radius 3 is 2.71 bits per heavy atom. The number of thiophene rings is 1. The summed E-state index contributed by atoms with van der Waals surface area (Å²) in [6, 6.07) is 8.06. The number of hydrogen-bond donors (Lipinski definition) is 1. The van der Waals surface area contributed by atoms with Crippen molar-refractivity contribution < 1.29 is 18.7 Å². The maximum absolute atomic E-state index is 13.7. The number of carbonyl (C=O) groups excluding carboxylic acids is 2. The van der Waals surface area contributed by atoms with Crippen molar-refractivity contribution in [2.75, 3.05) is 20.2 Å². The van der Waals surface area contributed by atoms with Crippen LogP contribution in [-0.2, 0) is 11.3 Å². The SMILES string of the molecule is CCN(Cc1ccc(OC)c(F)c1)C(=O)CNC(=O)c1cccs1. The summed E-state index contributed by atoms with van der Waals surface area (Å²) in [5.41, 5.74) is 0.660. The van der Waals surface area contributed by atoms with E-state index in [4.69, 9.17) is 4.74 Å². The van der Waals surface area contributed by atoms with Crippen molar-refractivity contribution in [2.24, 2.45) is 0 Å². The van der Waals surface area contributed by atoms with Gasteiger partial charge in [0, 0.05) is 13.1 Å². The van der Waals surface area contributed by atoms with Crippen LogP contribution in [0.25, 0.3) is 0 Å². The summed E-state index contributed by atoms with van der Waals surface area (Å²) in [6.45, 7) is 2.47. The molecule has 1 N–H and O–H groups in total. The Labute approximate surface area is 144 Å². The molecule has 1 aromatic carbocycles. The normalized spacial score (nSPS) is 10.3. The Morgan fingerprint density at radius 2 is 2.12 bits per heavy atom. The van der Waals surface area contributed by atoms with E-state index in [1.165, 1.54) is 30.6 Å². The number of rotatable bonds is 7. The second kappa shape index (κ2) is 8.44. The average Bonchev–Trinajstić information content (AvgIpc) is 3.12. The number of ether oxygens (including phenoxy) is 1. The van der Waals surface area contributed by atoms with Crippen LogP contribution < -0.4 is 10.1 Å². The minimum atomic E-state index is -0.468. The van der Waals surface area contributed by atoms with Gasteiger partial charge in [-0.3, -0.25) is 9.59 Å². The highest BCUT2D eigenvalue weighted by molar-refractivity contribution is 7.12. The molecule has 2 rings (SSSR count). The topological polar surface area (TPSA) is 58.6 Å². The molecular formula is C17H19FN2O3S. The van der Waals surface area contributed by atoms with E-state index in [-0.39, 0.29) is 30.7 Å². The third-order valence-electron chi connectivity index (χ3n) is 3.47. The van der Waals surface area contributed by atoms with Crippen molar-refractivity contribution in [1.29, 1.82) is 0 Å². The first kappa shape index (κ1) is 17.9. The number of benzene rings is 1. The molecule has 0 aliphatic rings. The minimum absolute atomic E-state index is 0.0940. The van der Waals surface area contributed by atoms with Crippen LogP contribution in [0.15, 0.2) is 35.7 Å². The highest BCUT2D eigenvalue weighted by atomic mass is 32.1. The molecule has 0 atom stereocenters. The molecule has 0 aliphatic heterocycles. The van der Waals surface area contributed by atoms with Crippen molar-refractivity contribution >= 4 is 23.2 Å². The lowest BCUT2D eigenvalue weighted by Gasteiger charge is -2.21. The van der Waals surface area contributed by atoms with E-state index >= 15 is 0 Å². The van der Waals surface area contributed by atoms with Gasteiger partial charge in [0.25, 0.3) is 5.91 Å². The summed E-state index contributed by atoms with van der Waals surface area (Å²) in [7, 11) is 1.40. The molecule has 0 fully saturated rings. The van der Waals surface area contributed by atoms with E-state index in [1.54, 1.807) is 28.5 Å².